The molecule has 4 aromatic rings. The lowest BCUT2D eigenvalue weighted by molar-refractivity contribution is 0.415. The predicted molar refractivity (Wildman–Crippen MR) is 123 cm³/mol. The van der Waals surface area contributed by atoms with Gasteiger partial charge >= 0.3 is 0 Å². The van der Waals surface area contributed by atoms with Gasteiger partial charge in [-0.05, 0) is 54.0 Å². The van der Waals surface area contributed by atoms with Crippen molar-refractivity contribution in [1.29, 1.82) is 0 Å². The van der Waals surface area contributed by atoms with Gasteiger partial charge in [-0.15, -0.1) is 0 Å². The number of hydrogen-bond donors (Lipinski definition) is 0. The molecule has 0 atom stereocenters. The Labute approximate surface area is 183 Å². The Morgan fingerprint density at radius 2 is 1.73 bits per heavy atom. The van der Waals surface area contributed by atoms with E-state index in [0.717, 1.165) is 69.9 Å². The zero-order valence-electron chi connectivity index (χ0n) is 16.5. The quantitative estimate of drug-likeness (QED) is 0.459. The van der Waals surface area contributed by atoms with Gasteiger partial charge in [0.05, 0.1) is 7.11 Å². The standard InChI is InChI=1S/C22H20ClN5OS/c1-29-18-7-5-15(6-8-18)19-20-21(30-26-19)22(25-14-24-20)28-11-9-27(10-12-28)17-4-2-3-16(23)13-17/h2-8,13-14H,9-12H2,1H3. The molecular weight excluding hydrogens is 418 g/mol. The largest absolute Gasteiger partial charge is 0.497 e. The maximum Gasteiger partial charge on any atom is 0.151 e. The van der Waals surface area contributed by atoms with Crippen molar-refractivity contribution in [2.24, 2.45) is 0 Å². The average molecular weight is 438 g/mol. The van der Waals surface area contributed by atoms with Gasteiger partial charge in [0.15, 0.2) is 5.82 Å². The van der Waals surface area contributed by atoms with E-state index in [2.05, 4.69) is 25.8 Å². The number of piperazine rings is 1. The maximum absolute atomic E-state index is 6.16. The van der Waals surface area contributed by atoms with Gasteiger partial charge in [0.25, 0.3) is 0 Å². The Balaban J connectivity index is 1.40. The molecule has 0 radical (unpaired) electrons. The van der Waals surface area contributed by atoms with Crippen LogP contribution in [0.25, 0.3) is 21.5 Å². The molecular formula is C22H20ClN5OS. The molecule has 1 saturated heterocycles. The van der Waals surface area contributed by atoms with E-state index >= 15 is 0 Å². The summed E-state index contributed by atoms with van der Waals surface area (Å²) in [5, 5.41) is 0.767. The third-order valence-corrected chi connectivity index (χ3v) is 6.42. The van der Waals surface area contributed by atoms with Gasteiger partial charge in [0.2, 0.25) is 0 Å². The number of nitrogens with zero attached hydrogens (tertiary/aromatic N) is 5. The third kappa shape index (κ3) is 3.55. The summed E-state index contributed by atoms with van der Waals surface area (Å²) >= 11 is 7.62. The molecule has 0 amide bonds. The second kappa shape index (κ2) is 8.08. The first-order chi connectivity index (χ1) is 14.7. The van der Waals surface area contributed by atoms with E-state index in [-0.39, 0.29) is 0 Å². The molecule has 30 heavy (non-hydrogen) atoms. The Morgan fingerprint density at radius 1 is 0.967 bits per heavy atom. The Bertz CT molecular complexity index is 1170. The zero-order valence-corrected chi connectivity index (χ0v) is 18.0. The second-order valence-electron chi connectivity index (χ2n) is 7.09. The minimum atomic E-state index is 0.767. The van der Waals surface area contributed by atoms with Crippen LogP contribution in [0.1, 0.15) is 0 Å². The molecule has 3 heterocycles. The molecule has 152 valence electrons. The summed E-state index contributed by atoms with van der Waals surface area (Å²) in [5.74, 6) is 1.79. The molecule has 1 aliphatic rings. The number of halogens is 1. The molecule has 0 saturated carbocycles. The fourth-order valence-electron chi connectivity index (χ4n) is 3.76. The molecule has 6 nitrogen and oxygen atoms in total. The van der Waals surface area contributed by atoms with Crippen molar-refractivity contribution < 1.29 is 4.74 Å². The molecule has 1 fully saturated rings. The van der Waals surface area contributed by atoms with Crippen molar-refractivity contribution in [2.75, 3.05) is 43.1 Å². The molecule has 2 aromatic carbocycles. The van der Waals surface area contributed by atoms with Crippen LogP contribution >= 0.6 is 23.1 Å². The molecule has 0 aliphatic carbocycles. The Kier molecular flexibility index (Phi) is 5.14. The topological polar surface area (TPSA) is 54.4 Å². The molecule has 8 heteroatoms. The summed E-state index contributed by atoms with van der Waals surface area (Å²) < 4.78 is 11.0. The molecule has 0 spiro atoms. The highest BCUT2D eigenvalue weighted by atomic mass is 35.5. The summed E-state index contributed by atoms with van der Waals surface area (Å²) in [6.07, 6.45) is 1.64. The lowest BCUT2D eigenvalue weighted by Gasteiger charge is -2.36. The molecule has 5 rings (SSSR count). The van der Waals surface area contributed by atoms with Gasteiger partial charge in [-0.1, -0.05) is 17.7 Å². The van der Waals surface area contributed by atoms with Crippen molar-refractivity contribution in [1.82, 2.24) is 14.3 Å². The average Bonchev–Trinajstić information content (AvgIpc) is 3.24. The first-order valence-corrected chi connectivity index (χ1v) is 10.9. The van der Waals surface area contributed by atoms with Crippen molar-refractivity contribution in [2.45, 2.75) is 0 Å². The van der Waals surface area contributed by atoms with Crippen molar-refractivity contribution in [3.05, 3.63) is 59.9 Å². The van der Waals surface area contributed by atoms with Crippen molar-refractivity contribution in [3.63, 3.8) is 0 Å². The number of benzene rings is 2. The normalized spacial score (nSPS) is 14.3. The van der Waals surface area contributed by atoms with E-state index in [9.17, 15) is 0 Å². The molecule has 1 aliphatic heterocycles. The molecule has 0 N–H and O–H groups in total. The summed E-state index contributed by atoms with van der Waals surface area (Å²) in [7, 11) is 1.67. The second-order valence-corrected chi connectivity index (χ2v) is 8.30. The van der Waals surface area contributed by atoms with Gasteiger partial charge in [0.1, 0.15) is 28.0 Å². The van der Waals surface area contributed by atoms with Crippen LogP contribution < -0.4 is 14.5 Å². The van der Waals surface area contributed by atoms with Gasteiger partial charge in [0, 0.05) is 42.5 Å². The lowest BCUT2D eigenvalue weighted by Crippen LogP contribution is -2.46. The summed E-state index contributed by atoms with van der Waals surface area (Å²) in [4.78, 5) is 13.8. The fraction of sp³-hybridized carbons (Fsp3) is 0.227. The summed E-state index contributed by atoms with van der Waals surface area (Å²) in [5.41, 5.74) is 3.97. The van der Waals surface area contributed by atoms with E-state index in [1.807, 2.05) is 42.5 Å². The maximum atomic E-state index is 6.16. The van der Waals surface area contributed by atoms with Gasteiger partial charge < -0.3 is 14.5 Å². The first kappa shape index (κ1) is 19.1. The number of anilines is 2. The van der Waals surface area contributed by atoms with E-state index < -0.39 is 0 Å². The van der Waals surface area contributed by atoms with Crippen LogP contribution in [0.2, 0.25) is 5.02 Å². The van der Waals surface area contributed by atoms with E-state index in [4.69, 9.17) is 20.7 Å². The van der Waals surface area contributed by atoms with E-state index in [1.165, 1.54) is 11.5 Å². The number of ether oxygens (including phenoxy) is 1. The van der Waals surface area contributed by atoms with Crippen LogP contribution in [0.5, 0.6) is 5.75 Å². The van der Waals surface area contributed by atoms with E-state index in [1.54, 1.807) is 13.4 Å². The van der Waals surface area contributed by atoms with Crippen molar-refractivity contribution in [3.8, 4) is 17.0 Å². The molecule has 0 bridgehead atoms. The van der Waals surface area contributed by atoms with E-state index in [0.29, 0.717) is 0 Å². The minimum Gasteiger partial charge on any atom is -0.497 e. The highest BCUT2D eigenvalue weighted by Crippen LogP contribution is 2.35. The summed E-state index contributed by atoms with van der Waals surface area (Å²) in [6.45, 7) is 3.59. The highest BCUT2D eigenvalue weighted by Gasteiger charge is 2.22. The van der Waals surface area contributed by atoms with Gasteiger partial charge in [-0.2, -0.15) is 4.37 Å². The number of hydrogen-bond acceptors (Lipinski definition) is 7. The van der Waals surface area contributed by atoms with Gasteiger partial charge in [-0.3, -0.25) is 0 Å². The molecule has 0 unspecified atom stereocenters. The minimum absolute atomic E-state index is 0.767. The SMILES string of the molecule is COc1ccc(-c2nsc3c(N4CCN(c5cccc(Cl)c5)CC4)ncnc23)cc1. The fourth-order valence-corrected chi connectivity index (χ4v) is 4.82. The first-order valence-electron chi connectivity index (χ1n) is 9.73. The van der Waals surface area contributed by atoms with Crippen LogP contribution in [0.3, 0.4) is 0 Å². The number of fused-ring (bicyclic) bond motifs is 1. The smallest absolute Gasteiger partial charge is 0.151 e. The van der Waals surface area contributed by atoms with Crippen LogP contribution in [0.15, 0.2) is 54.9 Å². The number of rotatable bonds is 4. The highest BCUT2D eigenvalue weighted by molar-refractivity contribution is 7.14. The van der Waals surface area contributed by atoms with Crippen LogP contribution in [-0.2, 0) is 0 Å². The van der Waals surface area contributed by atoms with Gasteiger partial charge in [-0.25, -0.2) is 9.97 Å². The number of methoxy groups -OCH3 is 1. The van der Waals surface area contributed by atoms with Crippen LogP contribution in [0.4, 0.5) is 11.5 Å². The summed E-state index contributed by atoms with van der Waals surface area (Å²) in [6, 6.07) is 15.9. The molecule has 2 aromatic heterocycles. The predicted octanol–water partition coefficient (Wildman–Crippen LogP) is 4.74. The Morgan fingerprint density at radius 3 is 2.47 bits per heavy atom. The monoisotopic (exact) mass is 437 g/mol. The van der Waals surface area contributed by atoms with Crippen LogP contribution in [-0.4, -0.2) is 47.6 Å². The zero-order chi connectivity index (χ0) is 20.5. The lowest BCUT2D eigenvalue weighted by atomic mass is 10.1. The number of aromatic nitrogens is 3. The Hall–Kier alpha value is -2.90. The third-order valence-electron chi connectivity index (χ3n) is 5.35. The van der Waals surface area contributed by atoms with Crippen LogP contribution in [0, 0.1) is 0 Å². The van der Waals surface area contributed by atoms with Crippen molar-refractivity contribution >= 4 is 44.9 Å².